The van der Waals surface area contributed by atoms with Gasteiger partial charge in [0.2, 0.25) is 0 Å². The molecule has 138 valence electrons. The number of hydrogen-bond donors (Lipinski definition) is 2. The predicted octanol–water partition coefficient (Wildman–Crippen LogP) is 2.08. The zero-order chi connectivity index (χ0) is 17.6. The lowest BCUT2D eigenvalue weighted by Gasteiger charge is -2.31. The molecule has 2 amide bonds. The maximum atomic E-state index is 12.3. The van der Waals surface area contributed by atoms with Crippen molar-refractivity contribution in [2.75, 3.05) is 45.8 Å². The van der Waals surface area contributed by atoms with Crippen LogP contribution in [0.3, 0.4) is 0 Å². The van der Waals surface area contributed by atoms with E-state index in [2.05, 4.69) is 15.5 Å². The van der Waals surface area contributed by atoms with Crippen molar-refractivity contribution in [1.82, 2.24) is 10.2 Å². The molecule has 0 spiro atoms. The van der Waals surface area contributed by atoms with Crippen molar-refractivity contribution < 1.29 is 19.0 Å². The normalized spacial score (nSPS) is 21.8. The number of methoxy groups -OCH3 is 2. The van der Waals surface area contributed by atoms with Crippen LogP contribution in [-0.2, 0) is 4.74 Å². The first-order chi connectivity index (χ1) is 12.2. The van der Waals surface area contributed by atoms with Crippen molar-refractivity contribution in [2.24, 2.45) is 0 Å². The van der Waals surface area contributed by atoms with Crippen molar-refractivity contribution in [3.63, 3.8) is 0 Å². The van der Waals surface area contributed by atoms with Crippen LogP contribution in [0.1, 0.15) is 19.3 Å². The highest BCUT2D eigenvalue weighted by molar-refractivity contribution is 5.90. The van der Waals surface area contributed by atoms with Crippen LogP contribution in [0.25, 0.3) is 0 Å². The summed E-state index contributed by atoms with van der Waals surface area (Å²) in [5.41, 5.74) is 0.646. The molecular weight excluding hydrogens is 322 g/mol. The fourth-order valence-corrected chi connectivity index (χ4v) is 3.52. The molecule has 0 saturated carbocycles. The molecule has 3 rings (SSSR count). The van der Waals surface area contributed by atoms with Gasteiger partial charge in [0.05, 0.1) is 14.2 Å². The Hall–Kier alpha value is -1.99. The lowest BCUT2D eigenvalue weighted by molar-refractivity contribution is 0.0418. The summed E-state index contributed by atoms with van der Waals surface area (Å²) in [7, 11) is 3.17. The van der Waals surface area contributed by atoms with E-state index in [9.17, 15) is 4.79 Å². The second-order valence-electron chi connectivity index (χ2n) is 6.52. The van der Waals surface area contributed by atoms with Crippen LogP contribution < -0.4 is 20.1 Å². The number of carbonyl (C=O) groups excluding carboxylic acids is 1. The molecule has 7 nitrogen and oxygen atoms in total. The minimum absolute atomic E-state index is 0.176. The van der Waals surface area contributed by atoms with Gasteiger partial charge in [0.25, 0.3) is 0 Å². The summed E-state index contributed by atoms with van der Waals surface area (Å²) in [5, 5.41) is 5.93. The molecule has 7 heteroatoms. The Kier molecular flexibility index (Phi) is 5.99. The van der Waals surface area contributed by atoms with Crippen molar-refractivity contribution in [1.29, 1.82) is 0 Å². The number of amides is 2. The third kappa shape index (κ3) is 4.76. The molecule has 2 fully saturated rings. The number of benzene rings is 1. The van der Waals surface area contributed by atoms with Gasteiger partial charge in [0, 0.05) is 62.3 Å². The van der Waals surface area contributed by atoms with E-state index < -0.39 is 0 Å². The standard InChI is InChI=1S/C18H27N3O4/c1-23-16-9-14(10-17(11-16)24-2)20-18(22)19-13-3-6-21(12-13)15-4-7-25-8-5-15/h9-11,13,15H,3-8,12H2,1-2H3,(H2,19,20,22). The number of ether oxygens (including phenoxy) is 3. The lowest BCUT2D eigenvalue weighted by atomic mass is 10.1. The smallest absolute Gasteiger partial charge is 0.319 e. The molecule has 2 aliphatic heterocycles. The topological polar surface area (TPSA) is 72.1 Å². The van der Waals surface area contributed by atoms with Gasteiger partial charge in [-0.25, -0.2) is 4.79 Å². The van der Waals surface area contributed by atoms with Gasteiger partial charge >= 0.3 is 6.03 Å². The van der Waals surface area contributed by atoms with Gasteiger partial charge in [-0.05, 0) is 19.3 Å². The van der Waals surface area contributed by atoms with Crippen molar-refractivity contribution in [2.45, 2.75) is 31.3 Å². The minimum Gasteiger partial charge on any atom is -0.497 e. The molecule has 2 heterocycles. The highest BCUT2D eigenvalue weighted by atomic mass is 16.5. The molecule has 2 saturated heterocycles. The monoisotopic (exact) mass is 349 g/mol. The van der Waals surface area contributed by atoms with Crippen molar-refractivity contribution in [3.05, 3.63) is 18.2 Å². The number of rotatable bonds is 5. The molecule has 0 aliphatic carbocycles. The summed E-state index contributed by atoms with van der Waals surface area (Å²) in [6.45, 7) is 3.62. The third-order valence-electron chi connectivity index (χ3n) is 4.87. The second kappa shape index (κ2) is 8.40. The Morgan fingerprint density at radius 3 is 2.44 bits per heavy atom. The second-order valence-corrected chi connectivity index (χ2v) is 6.52. The Balaban J connectivity index is 1.51. The number of likely N-dealkylation sites (tertiary alicyclic amines) is 1. The van der Waals surface area contributed by atoms with Crippen LogP contribution in [0.5, 0.6) is 11.5 Å². The van der Waals surface area contributed by atoms with Crippen LogP contribution in [0.4, 0.5) is 10.5 Å². The first-order valence-corrected chi connectivity index (χ1v) is 8.80. The maximum Gasteiger partial charge on any atom is 0.319 e. The first kappa shape index (κ1) is 17.8. The van der Waals surface area contributed by atoms with Crippen LogP contribution in [0, 0.1) is 0 Å². The number of nitrogens with zero attached hydrogens (tertiary/aromatic N) is 1. The third-order valence-corrected chi connectivity index (χ3v) is 4.87. The quantitative estimate of drug-likeness (QED) is 0.852. The summed E-state index contributed by atoms with van der Waals surface area (Å²) in [6, 6.07) is 5.87. The number of nitrogens with one attached hydrogen (secondary N) is 2. The lowest BCUT2D eigenvalue weighted by Crippen LogP contribution is -2.43. The van der Waals surface area contributed by atoms with Crippen LogP contribution in [-0.4, -0.2) is 63.5 Å². The first-order valence-electron chi connectivity index (χ1n) is 8.80. The summed E-state index contributed by atoms with van der Waals surface area (Å²) < 4.78 is 15.9. The van der Waals surface area contributed by atoms with Crippen molar-refractivity contribution in [3.8, 4) is 11.5 Å². The predicted molar refractivity (Wildman–Crippen MR) is 95.5 cm³/mol. The van der Waals surface area contributed by atoms with Gasteiger partial charge in [0.15, 0.2) is 0 Å². The molecule has 2 N–H and O–H groups in total. The maximum absolute atomic E-state index is 12.3. The van der Waals surface area contributed by atoms with E-state index in [0.29, 0.717) is 23.2 Å². The molecule has 1 aromatic carbocycles. The largest absolute Gasteiger partial charge is 0.497 e. The van der Waals surface area contributed by atoms with Gasteiger partial charge in [-0.15, -0.1) is 0 Å². The van der Waals surface area contributed by atoms with E-state index in [-0.39, 0.29) is 12.1 Å². The number of urea groups is 1. The van der Waals surface area contributed by atoms with Crippen LogP contribution >= 0.6 is 0 Å². The number of carbonyl (C=O) groups is 1. The van der Waals surface area contributed by atoms with Gasteiger partial charge < -0.3 is 24.8 Å². The highest BCUT2D eigenvalue weighted by Gasteiger charge is 2.30. The Morgan fingerprint density at radius 2 is 1.80 bits per heavy atom. The molecule has 1 unspecified atom stereocenters. The van der Waals surface area contributed by atoms with E-state index in [0.717, 1.165) is 45.6 Å². The Bertz CT molecular complexity index is 567. The fraction of sp³-hybridized carbons (Fsp3) is 0.611. The van der Waals surface area contributed by atoms with Gasteiger partial charge in [-0.1, -0.05) is 0 Å². The van der Waals surface area contributed by atoms with E-state index >= 15 is 0 Å². The summed E-state index contributed by atoms with van der Waals surface area (Å²) in [4.78, 5) is 14.8. The summed E-state index contributed by atoms with van der Waals surface area (Å²) in [5.74, 6) is 1.28. The summed E-state index contributed by atoms with van der Waals surface area (Å²) in [6.07, 6.45) is 3.15. The minimum atomic E-state index is -0.200. The van der Waals surface area contributed by atoms with Gasteiger partial charge in [-0.2, -0.15) is 0 Å². The van der Waals surface area contributed by atoms with E-state index in [1.54, 1.807) is 32.4 Å². The molecule has 25 heavy (non-hydrogen) atoms. The van der Waals surface area contributed by atoms with E-state index in [4.69, 9.17) is 14.2 Å². The zero-order valence-corrected chi connectivity index (χ0v) is 14.9. The van der Waals surface area contributed by atoms with Gasteiger partial charge in [0.1, 0.15) is 11.5 Å². The van der Waals surface area contributed by atoms with Crippen molar-refractivity contribution >= 4 is 11.7 Å². The summed E-state index contributed by atoms with van der Waals surface area (Å²) >= 11 is 0. The zero-order valence-electron chi connectivity index (χ0n) is 14.9. The highest BCUT2D eigenvalue weighted by Crippen LogP contribution is 2.26. The molecule has 2 aliphatic rings. The molecule has 0 aromatic heterocycles. The number of anilines is 1. The molecule has 0 bridgehead atoms. The van der Waals surface area contributed by atoms with Crippen LogP contribution in [0.2, 0.25) is 0 Å². The average Bonchev–Trinajstić information content (AvgIpc) is 3.10. The van der Waals surface area contributed by atoms with E-state index in [1.165, 1.54) is 0 Å². The van der Waals surface area contributed by atoms with Gasteiger partial charge in [-0.3, -0.25) is 4.90 Å². The Morgan fingerprint density at radius 1 is 1.12 bits per heavy atom. The molecule has 1 atom stereocenters. The SMILES string of the molecule is COc1cc(NC(=O)NC2CCN(C3CCOCC3)C2)cc(OC)c1. The molecular formula is C18H27N3O4. The van der Waals surface area contributed by atoms with E-state index in [1.807, 2.05) is 0 Å². The fourth-order valence-electron chi connectivity index (χ4n) is 3.52. The Labute approximate surface area is 148 Å². The molecule has 0 radical (unpaired) electrons. The molecule has 1 aromatic rings. The van der Waals surface area contributed by atoms with Crippen LogP contribution in [0.15, 0.2) is 18.2 Å². The number of hydrogen-bond acceptors (Lipinski definition) is 5. The average molecular weight is 349 g/mol.